The van der Waals surface area contributed by atoms with E-state index in [1.807, 2.05) is 0 Å². The van der Waals surface area contributed by atoms with Crippen LogP contribution in [0, 0.1) is 11.7 Å². The van der Waals surface area contributed by atoms with Crippen molar-refractivity contribution in [1.29, 1.82) is 0 Å². The normalized spacial score (nSPS) is 13.3. The lowest BCUT2D eigenvalue weighted by Gasteiger charge is -2.05. The summed E-state index contributed by atoms with van der Waals surface area (Å²) in [5, 5.41) is 2.68. The van der Waals surface area contributed by atoms with E-state index < -0.39 is 11.7 Å². The summed E-state index contributed by atoms with van der Waals surface area (Å²) in [6.07, 6.45) is 3.31. The highest BCUT2D eigenvalue weighted by Gasteiger charge is 2.18. The molecule has 5 heteroatoms. The number of carbonyl (C=O) groups excluding carboxylic acids is 2. The topological polar surface area (TPSA) is 72.2 Å². The number of amides is 1. The molecule has 1 aromatic carbocycles. The van der Waals surface area contributed by atoms with Crippen LogP contribution in [0.3, 0.4) is 0 Å². The Labute approximate surface area is 99.0 Å². The van der Waals surface area contributed by atoms with Gasteiger partial charge in [0.15, 0.2) is 0 Å². The van der Waals surface area contributed by atoms with Crippen LogP contribution in [0.1, 0.15) is 23.2 Å². The molecule has 0 saturated heterocycles. The number of halogens is 1. The maximum Gasteiger partial charge on any atom is 0.253 e. The predicted octanol–water partition coefficient (Wildman–Crippen LogP) is 1.56. The molecule has 0 aliphatic heterocycles. The zero-order chi connectivity index (χ0) is 12.8. The smallest absolute Gasteiger partial charge is 0.253 e. The number of nitrogens with one attached hydrogen (secondary N) is 1. The summed E-state index contributed by atoms with van der Waals surface area (Å²) in [7, 11) is 1.60. The molecule has 0 heterocycles. The third-order valence-corrected chi connectivity index (χ3v) is 2.34. The minimum absolute atomic E-state index is 0.0972. The second-order valence-electron chi connectivity index (χ2n) is 3.75. The van der Waals surface area contributed by atoms with E-state index in [1.165, 1.54) is 12.1 Å². The van der Waals surface area contributed by atoms with Gasteiger partial charge >= 0.3 is 0 Å². The van der Waals surface area contributed by atoms with Gasteiger partial charge < -0.3 is 15.8 Å². The fourth-order valence-electron chi connectivity index (χ4n) is 1.22. The zero-order valence-electron chi connectivity index (χ0n) is 9.57. The average Bonchev–Trinajstić information content (AvgIpc) is 3.12. The standard InChI is InChI=1S/C8H9FN2O.C4H6O/c1-11-6-4-2-3-5(9)7(6)8(10)12;5-3-4-1-2-4/h2-4,11H,1H3,(H2,10,12);3-4H,1-2H2. The summed E-state index contributed by atoms with van der Waals surface area (Å²) in [5.41, 5.74) is 5.28. The highest BCUT2D eigenvalue weighted by atomic mass is 19.1. The van der Waals surface area contributed by atoms with E-state index in [1.54, 1.807) is 13.1 Å². The lowest BCUT2D eigenvalue weighted by molar-refractivity contribution is -0.108. The number of primary amides is 1. The van der Waals surface area contributed by atoms with Gasteiger partial charge in [0.05, 0.1) is 5.56 Å². The van der Waals surface area contributed by atoms with Gasteiger partial charge in [-0.3, -0.25) is 4.79 Å². The summed E-state index contributed by atoms with van der Waals surface area (Å²) in [5.74, 6) is -0.915. The van der Waals surface area contributed by atoms with Crippen molar-refractivity contribution in [1.82, 2.24) is 0 Å². The summed E-state index contributed by atoms with van der Waals surface area (Å²) >= 11 is 0. The Hall–Kier alpha value is -1.91. The second kappa shape index (κ2) is 5.98. The van der Waals surface area contributed by atoms with Crippen LogP contribution in [0.2, 0.25) is 0 Å². The lowest BCUT2D eigenvalue weighted by atomic mass is 10.1. The van der Waals surface area contributed by atoms with Gasteiger partial charge in [0.1, 0.15) is 12.1 Å². The first kappa shape index (κ1) is 13.2. The molecule has 3 N–H and O–H groups in total. The highest BCUT2D eigenvalue weighted by molar-refractivity contribution is 5.98. The molecule has 1 aliphatic carbocycles. The first-order chi connectivity index (χ1) is 8.10. The molecule has 1 saturated carbocycles. The van der Waals surface area contributed by atoms with Crippen LogP contribution in [-0.2, 0) is 4.79 Å². The zero-order valence-corrected chi connectivity index (χ0v) is 9.57. The summed E-state index contributed by atoms with van der Waals surface area (Å²) in [6.45, 7) is 0. The van der Waals surface area contributed by atoms with Gasteiger partial charge in [0, 0.05) is 18.7 Å². The molecular weight excluding hydrogens is 223 g/mol. The molecule has 1 amide bonds. The number of hydrogen-bond donors (Lipinski definition) is 2. The molecule has 1 aliphatic rings. The second-order valence-corrected chi connectivity index (χ2v) is 3.75. The monoisotopic (exact) mass is 238 g/mol. The minimum atomic E-state index is -0.766. The number of nitrogens with two attached hydrogens (primary N) is 1. The summed E-state index contributed by atoms with van der Waals surface area (Å²) in [4.78, 5) is 20.3. The summed E-state index contributed by atoms with van der Waals surface area (Å²) in [6, 6.07) is 4.29. The van der Waals surface area contributed by atoms with Gasteiger partial charge in [-0.05, 0) is 25.0 Å². The fourth-order valence-corrected chi connectivity index (χ4v) is 1.22. The maximum atomic E-state index is 12.9. The Kier molecular flexibility index (Phi) is 4.63. The quantitative estimate of drug-likeness (QED) is 0.785. The minimum Gasteiger partial charge on any atom is -0.387 e. The molecule has 0 unspecified atom stereocenters. The van der Waals surface area contributed by atoms with E-state index in [0.29, 0.717) is 11.6 Å². The van der Waals surface area contributed by atoms with Gasteiger partial charge in [0.2, 0.25) is 0 Å². The van der Waals surface area contributed by atoms with E-state index in [0.717, 1.165) is 19.1 Å². The average molecular weight is 238 g/mol. The third kappa shape index (κ3) is 3.86. The van der Waals surface area contributed by atoms with Gasteiger partial charge in [-0.1, -0.05) is 6.07 Å². The molecular formula is C12H15FN2O2. The first-order valence-electron chi connectivity index (χ1n) is 5.31. The number of benzene rings is 1. The number of rotatable bonds is 3. The van der Waals surface area contributed by atoms with Crippen LogP contribution < -0.4 is 11.1 Å². The van der Waals surface area contributed by atoms with Crippen molar-refractivity contribution in [2.75, 3.05) is 12.4 Å². The van der Waals surface area contributed by atoms with Gasteiger partial charge in [-0.25, -0.2) is 4.39 Å². The SMILES string of the molecule is CNc1cccc(F)c1C(N)=O.O=CC1CC1. The Morgan fingerprint density at radius 3 is 2.47 bits per heavy atom. The fraction of sp³-hybridized carbons (Fsp3) is 0.333. The van der Waals surface area contributed by atoms with Crippen molar-refractivity contribution in [2.24, 2.45) is 11.7 Å². The van der Waals surface area contributed by atoms with Crippen LogP contribution in [-0.4, -0.2) is 19.2 Å². The molecule has 0 bridgehead atoms. The van der Waals surface area contributed by atoms with E-state index in [9.17, 15) is 14.0 Å². The van der Waals surface area contributed by atoms with E-state index >= 15 is 0 Å². The summed E-state index contributed by atoms with van der Waals surface area (Å²) < 4.78 is 12.9. The van der Waals surface area contributed by atoms with Crippen molar-refractivity contribution in [2.45, 2.75) is 12.8 Å². The van der Waals surface area contributed by atoms with Crippen LogP contribution in [0.25, 0.3) is 0 Å². The molecule has 1 aromatic rings. The number of aldehydes is 1. The highest BCUT2D eigenvalue weighted by Crippen LogP contribution is 2.25. The molecule has 2 rings (SSSR count). The Balaban J connectivity index is 0.000000239. The maximum absolute atomic E-state index is 12.9. The van der Waals surface area contributed by atoms with Gasteiger partial charge in [-0.2, -0.15) is 0 Å². The van der Waals surface area contributed by atoms with Crippen molar-refractivity contribution in [3.05, 3.63) is 29.6 Å². The first-order valence-corrected chi connectivity index (χ1v) is 5.31. The molecule has 92 valence electrons. The predicted molar refractivity (Wildman–Crippen MR) is 63.3 cm³/mol. The van der Waals surface area contributed by atoms with E-state index in [4.69, 9.17) is 5.73 Å². The van der Waals surface area contributed by atoms with E-state index in [2.05, 4.69) is 5.32 Å². The number of carbonyl (C=O) groups is 2. The van der Waals surface area contributed by atoms with Crippen molar-refractivity contribution >= 4 is 17.9 Å². The lowest BCUT2D eigenvalue weighted by Crippen LogP contribution is -2.15. The Bertz CT molecular complexity index is 417. The van der Waals surface area contributed by atoms with Crippen LogP contribution in [0.5, 0.6) is 0 Å². The number of anilines is 1. The van der Waals surface area contributed by atoms with Gasteiger partial charge in [-0.15, -0.1) is 0 Å². The molecule has 1 fully saturated rings. The van der Waals surface area contributed by atoms with Crippen LogP contribution >= 0.6 is 0 Å². The molecule has 0 radical (unpaired) electrons. The molecule has 17 heavy (non-hydrogen) atoms. The van der Waals surface area contributed by atoms with Crippen LogP contribution in [0.15, 0.2) is 18.2 Å². The van der Waals surface area contributed by atoms with Gasteiger partial charge in [0.25, 0.3) is 5.91 Å². The van der Waals surface area contributed by atoms with Crippen molar-refractivity contribution in [3.63, 3.8) is 0 Å². The molecule has 4 nitrogen and oxygen atoms in total. The largest absolute Gasteiger partial charge is 0.387 e. The molecule has 0 spiro atoms. The Morgan fingerprint density at radius 1 is 1.53 bits per heavy atom. The Morgan fingerprint density at radius 2 is 2.18 bits per heavy atom. The molecule has 0 aromatic heterocycles. The third-order valence-electron chi connectivity index (χ3n) is 2.34. The van der Waals surface area contributed by atoms with Crippen LogP contribution in [0.4, 0.5) is 10.1 Å². The van der Waals surface area contributed by atoms with E-state index in [-0.39, 0.29) is 5.56 Å². The van der Waals surface area contributed by atoms with Crippen molar-refractivity contribution < 1.29 is 14.0 Å². The number of hydrogen-bond acceptors (Lipinski definition) is 3. The molecule has 0 atom stereocenters. The van der Waals surface area contributed by atoms with Crippen molar-refractivity contribution in [3.8, 4) is 0 Å².